The molecule has 168 valence electrons. The molecule has 2 aliphatic rings. The molecule has 1 amide bonds. The van der Waals surface area contributed by atoms with E-state index in [0.717, 1.165) is 67.3 Å². The molecule has 3 aromatic rings. The van der Waals surface area contributed by atoms with Gasteiger partial charge in [0.15, 0.2) is 6.61 Å². The van der Waals surface area contributed by atoms with E-state index in [1.807, 2.05) is 31.2 Å². The Morgan fingerprint density at radius 3 is 2.72 bits per heavy atom. The number of fused-ring (bicyclic) bond motifs is 2. The number of carbonyl (C=O) groups is 1. The summed E-state index contributed by atoms with van der Waals surface area (Å²) in [5.41, 5.74) is 4.45. The average Bonchev–Trinajstić information content (AvgIpc) is 2.77. The first-order valence-electron chi connectivity index (χ1n) is 10.6. The molecule has 0 aliphatic carbocycles. The van der Waals surface area contributed by atoms with Gasteiger partial charge in [-0.2, -0.15) is 0 Å². The number of pyridine rings is 1. The highest BCUT2D eigenvalue weighted by atomic mass is 35.5. The lowest BCUT2D eigenvalue weighted by Gasteiger charge is -2.36. The molecule has 6 nitrogen and oxygen atoms in total. The zero-order valence-corrected chi connectivity index (χ0v) is 18.8. The zero-order valence-electron chi connectivity index (χ0n) is 17.9. The lowest BCUT2D eigenvalue weighted by atomic mass is 10.1. The molecule has 1 fully saturated rings. The number of halogens is 2. The quantitative estimate of drug-likeness (QED) is 0.647. The van der Waals surface area contributed by atoms with Gasteiger partial charge in [-0.1, -0.05) is 6.07 Å². The minimum atomic E-state index is -0.244. The van der Waals surface area contributed by atoms with Crippen molar-refractivity contribution in [3.8, 4) is 5.75 Å². The Hall–Kier alpha value is -2.90. The minimum Gasteiger partial charge on any atom is -0.482 e. The molecule has 0 unspecified atom stereocenters. The van der Waals surface area contributed by atoms with Crippen LogP contribution in [-0.4, -0.2) is 55.1 Å². The number of nitrogens with zero attached hydrogens (tertiary/aromatic N) is 3. The van der Waals surface area contributed by atoms with Crippen molar-refractivity contribution >= 4 is 40.6 Å². The first kappa shape index (κ1) is 22.3. The van der Waals surface area contributed by atoms with Gasteiger partial charge in [-0.25, -0.2) is 4.39 Å². The Kier molecular flexibility index (Phi) is 6.48. The Labute approximate surface area is 192 Å². The summed E-state index contributed by atoms with van der Waals surface area (Å²) in [7, 11) is 0. The Morgan fingerprint density at radius 2 is 1.91 bits per heavy atom. The van der Waals surface area contributed by atoms with Gasteiger partial charge in [0, 0.05) is 55.6 Å². The summed E-state index contributed by atoms with van der Waals surface area (Å²) in [6, 6.07) is 13.1. The van der Waals surface area contributed by atoms with E-state index in [1.165, 1.54) is 11.6 Å². The van der Waals surface area contributed by atoms with Crippen molar-refractivity contribution in [3.05, 3.63) is 59.5 Å². The van der Waals surface area contributed by atoms with Gasteiger partial charge in [0.25, 0.3) is 5.91 Å². The van der Waals surface area contributed by atoms with Crippen molar-refractivity contribution < 1.29 is 13.9 Å². The molecular formula is C24H26ClFN4O2. The normalized spacial score (nSPS) is 16.2. The van der Waals surface area contributed by atoms with E-state index in [4.69, 9.17) is 4.74 Å². The number of ether oxygens (including phenoxy) is 1. The first-order valence-corrected chi connectivity index (χ1v) is 10.6. The summed E-state index contributed by atoms with van der Waals surface area (Å²) < 4.78 is 19.6. The van der Waals surface area contributed by atoms with Crippen molar-refractivity contribution in [2.75, 3.05) is 49.5 Å². The summed E-state index contributed by atoms with van der Waals surface area (Å²) in [4.78, 5) is 20.7. The van der Waals surface area contributed by atoms with Gasteiger partial charge < -0.3 is 15.0 Å². The highest BCUT2D eigenvalue weighted by Gasteiger charge is 2.20. The molecule has 2 aromatic carbocycles. The zero-order chi connectivity index (χ0) is 21.4. The average molecular weight is 457 g/mol. The molecule has 0 atom stereocenters. The number of carbonyl (C=O) groups excluding carboxylic acids is 1. The van der Waals surface area contributed by atoms with E-state index in [1.54, 1.807) is 6.07 Å². The largest absolute Gasteiger partial charge is 0.482 e. The molecule has 0 spiro atoms. The molecule has 1 saturated heterocycles. The van der Waals surface area contributed by atoms with Crippen molar-refractivity contribution in [2.24, 2.45) is 0 Å². The molecule has 32 heavy (non-hydrogen) atoms. The summed E-state index contributed by atoms with van der Waals surface area (Å²) in [5.74, 6) is 0.367. The third-order valence-corrected chi connectivity index (χ3v) is 6.00. The third kappa shape index (κ3) is 4.64. The van der Waals surface area contributed by atoms with Crippen LogP contribution in [0.5, 0.6) is 5.75 Å². The van der Waals surface area contributed by atoms with Gasteiger partial charge in [0.05, 0.1) is 11.2 Å². The van der Waals surface area contributed by atoms with Crippen LogP contribution in [0.15, 0.2) is 42.5 Å². The van der Waals surface area contributed by atoms with Crippen LogP contribution >= 0.6 is 12.4 Å². The van der Waals surface area contributed by atoms with Crippen LogP contribution in [0, 0.1) is 12.7 Å². The van der Waals surface area contributed by atoms with Crippen LogP contribution in [0.1, 0.15) is 11.3 Å². The van der Waals surface area contributed by atoms with E-state index in [-0.39, 0.29) is 30.7 Å². The minimum absolute atomic E-state index is 0. The number of hydrogen-bond acceptors (Lipinski definition) is 5. The maximum Gasteiger partial charge on any atom is 0.262 e. The van der Waals surface area contributed by atoms with Crippen LogP contribution in [0.2, 0.25) is 0 Å². The van der Waals surface area contributed by atoms with Crippen LogP contribution in [-0.2, 0) is 11.2 Å². The van der Waals surface area contributed by atoms with Crippen LogP contribution in [0.25, 0.3) is 10.9 Å². The fraction of sp³-hybridized carbons (Fsp3) is 0.333. The van der Waals surface area contributed by atoms with Crippen molar-refractivity contribution in [1.82, 2.24) is 9.88 Å². The van der Waals surface area contributed by atoms with E-state index in [0.29, 0.717) is 5.52 Å². The van der Waals surface area contributed by atoms with E-state index < -0.39 is 0 Å². The van der Waals surface area contributed by atoms with Gasteiger partial charge in [-0.3, -0.25) is 14.7 Å². The molecular weight excluding hydrogens is 431 g/mol. The highest BCUT2D eigenvalue weighted by Crippen LogP contribution is 2.30. The van der Waals surface area contributed by atoms with Gasteiger partial charge in [-0.15, -0.1) is 12.4 Å². The van der Waals surface area contributed by atoms with E-state index in [2.05, 4.69) is 26.2 Å². The van der Waals surface area contributed by atoms with Gasteiger partial charge in [0.1, 0.15) is 11.6 Å². The molecule has 0 saturated carbocycles. The summed E-state index contributed by atoms with van der Waals surface area (Å²) in [6.45, 7) is 6.47. The number of benzene rings is 2. The van der Waals surface area contributed by atoms with Crippen LogP contribution in [0.3, 0.4) is 0 Å². The van der Waals surface area contributed by atoms with Crippen LogP contribution in [0.4, 0.5) is 15.8 Å². The summed E-state index contributed by atoms with van der Waals surface area (Å²) in [6.07, 6.45) is 0.898. The highest BCUT2D eigenvalue weighted by molar-refractivity contribution is 5.95. The predicted molar refractivity (Wildman–Crippen MR) is 127 cm³/mol. The fourth-order valence-corrected chi connectivity index (χ4v) is 4.33. The number of nitrogens with one attached hydrogen (secondary N) is 1. The standard InChI is InChI=1S/C24H25FN4O2.ClH/c1-16-2-4-19-20(26-16)13-18(25)14-22(19)29-10-8-28(9-11-29)7-6-17-3-5-23-21(12-17)27-24(30)15-31-23;/h2-5,12-14H,6-11,15H2,1H3,(H,27,30);1H. The summed E-state index contributed by atoms with van der Waals surface area (Å²) in [5, 5.41) is 3.86. The fourth-order valence-electron chi connectivity index (χ4n) is 4.33. The smallest absolute Gasteiger partial charge is 0.262 e. The summed E-state index contributed by atoms with van der Waals surface area (Å²) >= 11 is 0. The van der Waals surface area contributed by atoms with Crippen molar-refractivity contribution in [2.45, 2.75) is 13.3 Å². The third-order valence-electron chi connectivity index (χ3n) is 6.00. The maximum atomic E-state index is 14.2. The second-order valence-corrected chi connectivity index (χ2v) is 8.19. The number of anilines is 2. The Balaban J connectivity index is 0.00000245. The van der Waals surface area contributed by atoms with Gasteiger partial charge in [0.2, 0.25) is 0 Å². The van der Waals surface area contributed by atoms with Crippen molar-refractivity contribution in [3.63, 3.8) is 0 Å². The van der Waals surface area contributed by atoms with Gasteiger partial charge in [-0.05, 0) is 49.2 Å². The van der Waals surface area contributed by atoms with Crippen LogP contribution < -0.4 is 15.0 Å². The van der Waals surface area contributed by atoms with Gasteiger partial charge >= 0.3 is 0 Å². The van der Waals surface area contributed by atoms with Crippen molar-refractivity contribution in [1.29, 1.82) is 0 Å². The lowest BCUT2D eigenvalue weighted by Crippen LogP contribution is -2.47. The molecule has 2 aliphatic heterocycles. The molecule has 5 rings (SSSR count). The molecule has 1 aromatic heterocycles. The number of aryl methyl sites for hydroxylation is 1. The molecule has 3 heterocycles. The number of hydrogen-bond donors (Lipinski definition) is 1. The second-order valence-electron chi connectivity index (χ2n) is 8.19. The molecule has 0 radical (unpaired) electrons. The number of amides is 1. The SMILES string of the molecule is Cc1ccc2c(N3CCN(CCc4ccc5c(c4)NC(=O)CO5)CC3)cc(F)cc2n1.Cl. The lowest BCUT2D eigenvalue weighted by molar-refractivity contribution is -0.118. The Bertz CT molecular complexity index is 1140. The number of rotatable bonds is 4. The molecule has 1 N–H and O–H groups in total. The second kappa shape index (κ2) is 9.30. The monoisotopic (exact) mass is 456 g/mol. The Morgan fingerprint density at radius 1 is 1.09 bits per heavy atom. The van der Waals surface area contributed by atoms with E-state index in [9.17, 15) is 9.18 Å². The maximum absolute atomic E-state index is 14.2. The molecule has 8 heteroatoms. The first-order chi connectivity index (χ1) is 15.0. The number of aromatic nitrogens is 1. The van der Waals surface area contributed by atoms with E-state index >= 15 is 0 Å². The molecule has 0 bridgehead atoms. The predicted octanol–water partition coefficient (Wildman–Crippen LogP) is 3.80. The number of piperazine rings is 1. The topological polar surface area (TPSA) is 57.7 Å².